The van der Waals surface area contributed by atoms with Crippen LogP contribution in [0, 0.1) is 0 Å². The van der Waals surface area contributed by atoms with Crippen molar-refractivity contribution in [3.05, 3.63) is 69.7 Å². The molecule has 23 heavy (non-hydrogen) atoms. The molecule has 2 nitrogen and oxygen atoms in total. The van der Waals surface area contributed by atoms with Gasteiger partial charge in [-0.3, -0.25) is 4.79 Å². The van der Waals surface area contributed by atoms with Crippen LogP contribution in [0.4, 0.5) is 0 Å². The lowest BCUT2D eigenvalue weighted by atomic mass is 9.83. The van der Waals surface area contributed by atoms with Gasteiger partial charge in [0.2, 0.25) is 9.70 Å². The molecule has 122 valence electrons. The number of benzene rings is 2. The maximum absolute atomic E-state index is 11.8. The Kier molecular flexibility index (Phi) is 5.76. The summed E-state index contributed by atoms with van der Waals surface area (Å²) in [5.41, 5.74) is -0.225. The van der Waals surface area contributed by atoms with Crippen LogP contribution in [0.2, 0.25) is 10.0 Å². The van der Waals surface area contributed by atoms with Crippen LogP contribution in [-0.4, -0.2) is 9.70 Å². The SMILES string of the molecule is CC(=O)NC(c1ccc(Cl)cc1)(c1ccc(Cl)cc1)C(Cl)(Cl)Cl. The van der Waals surface area contributed by atoms with Crippen LogP contribution in [0.25, 0.3) is 0 Å². The number of hydrogen-bond acceptors (Lipinski definition) is 1. The van der Waals surface area contributed by atoms with Crippen molar-refractivity contribution < 1.29 is 4.79 Å². The van der Waals surface area contributed by atoms with Crippen molar-refractivity contribution in [2.24, 2.45) is 0 Å². The first kappa shape index (κ1) is 18.7. The number of hydrogen-bond donors (Lipinski definition) is 1. The van der Waals surface area contributed by atoms with Crippen LogP contribution in [0.15, 0.2) is 48.5 Å². The quantitative estimate of drug-likeness (QED) is 0.641. The van der Waals surface area contributed by atoms with E-state index in [1.165, 1.54) is 6.92 Å². The van der Waals surface area contributed by atoms with Crippen molar-refractivity contribution in [2.45, 2.75) is 16.3 Å². The van der Waals surface area contributed by atoms with Gasteiger partial charge in [0.1, 0.15) is 5.54 Å². The van der Waals surface area contributed by atoms with Gasteiger partial charge in [-0.05, 0) is 35.4 Å². The highest BCUT2D eigenvalue weighted by Crippen LogP contribution is 2.49. The molecule has 0 radical (unpaired) electrons. The Morgan fingerprint density at radius 2 is 1.17 bits per heavy atom. The van der Waals surface area contributed by atoms with Crippen LogP contribution in [0.3, 0.4) is 0 Å². The van der Waals surface area contributed by atoms with Crippen molar-refractivity contribution in [3.8, 4) is 0 Å². The van der Waals surface area contributed by atoms with Gasteiger partial charge in [0, 0.05) is 17.0 Å². The normalized spacial score (nSPS) is 12.1. The van der Waals surface area contributed by atoms with Gasteiger partial charge in [-0.25, -0.2) is 0 Å². The Balaban J connectivity index is 2.76. The molecule has 1 N–H and O–H groups in total. The molecule has 0 unspecified atom stereocenters. The molecule has 0 aromatic heterocycles. The first-order valence-electron chi connectivity index (χ1n) is 6.54. The summed E-state index contributed by atoms with van der Waals surface area (Å²) < 4.78 is -1.86. The number of alkyl halides is 3. The molecule has 7 heteroatoms. The molecule has 2 aromatic rings. The largest absolute Gasteiger partial charge is 0.339 e. The third kappa shape index (κ3) is 3.89. The van der Waals surface area contributed by atoms with Crippen molar-refractivity contribution >= 4 is 63.9 Å². The molecule has 0 saturated heterocycles. The van der Waals surface area contributed by atoms with Crippen LogP contribution in [0.1, 0.15) is 18.1 Å². The van der Waals surface area contributed by atoms with Gasteiger partial charge in [0.05, 0.1) is 0 Å². The standard InChI is InChI=1S/C16H12Cl5NO/c1-10(23)22-15(16(19,20)21,11-2-6-13(17)7-3-11)12-4-8-14(18)9-5-12/h2-9H,1H3,(H,22,23). The highest BCUT2D eigenvalue weighted by Gasteiger charge is 2.52. The molecule has 0 atom stereocenters. The van der Waals surface area contributed by atoms with E-state index in [1.807, 2.05) is 0 Å². The minimum atomic E-state index is -1.86. The molecule has 0 aliphatic carbocycles. The summed E-state index contributed by atoms with van der Waals surface area (Å²) in [5.74, 6) is -0.346. The first-order valence-corrected chi connectivity index (χ1v) is 8.43. The molecular formula is C16H12Cl5NO. The smallest absolute Gasteiger partial charge is 0.221 e. The van der Waals surface area contributed by atoms with E-state index in [-0.39, 0.29) is 5.91 Å². The van der Waals surface area contributed by atoms with Gasteiger partial charge in [0.15, 0.2) is 0 Å². The van der Waals surface area contributed by atoms with Gasteiger partial charge < -0.3 is 5.32 Å². The Morgan fingerprint density at radius 3 is 1.43 bits per heavy atom. The molecule has 0 aliphatic heterocycles. The minimum Gasteiger partial charge on any atom is -0.339 e. The number of amides is 1. The summed E-state index contributed by atoms with van der Waals surface area (Å²) >= 11 is 30.8. The van der Waals surface area contributed by atoms with E-state index >= 15 is 0 Å². The van der Waals surface area contributed by atoms with E-state index in [0.717, 1.165) is 0 Å². The topological polar surface area (TPSA) is 29.1 Å². The molecule has 0 spiro atoms. The number of carbonyl (C=O) groups is 1. The monoisotopic (exact) mass is 409 g/mol. The van der Waals surface area contributed by atoms with E-state index in [2.05, 4.69) is 5.32 Å². The van der Waals surface area contributed by atoms with Crippen molar-refractivity contribution in [2.75, 3.05) is 0 Å². The predicted octanol–water partition coefficient (Wildman–Crippen LogP) is 5.74. The Bertz CT molecular complexity index is 646. The minimum absolute atomic E-state index is 0.346. The molecule has 1 amide bonds. The van der Waals surface area contributed by atoms with E-state index in [9.17, 15) is 4.79 Å². The number of carbonyl (C=O) groups excluding carboxylic acids is 1. The molecule has 2 rings (SSSR count). The van der Waals surface area contributed by atoms with Gasteiger partial charge in [-0.15, -0.1) is 0 Å². The fourth-order valence-electron chi connectivity index (χ4n) is 2.37. The van der Waals surface area contributed by atoms with E-state index < -0.39 is 9.33 Å². The summed E-state index contributed by atoms with van der Waals surface area (Å²) in [6, 6.07) is 13.5. The second-order valence-corrected chi connectivity index (χ2v) is 8.10. The third-order valence-corrected chi connectivity index (χ3v) is 4.70. The zero-order valence-electron chi connectivity index (χ0n) is 11.9. The summed E-state index contributed by atoms with van der Waals surface area (Å²) in [4.78, 5) is 11.8. The van der Waals surface area contributed by atoms with Crippen LogP contribution in [-0.2, 0) is 10.3 Å². The summed E-state index contributed by atoms with van der Waals surface area (Å²) in [5, 5.41) is 3.85. The first-order chi connectivity index (χ1) is 10.7. The zero-order chi connectivity index (χ0) is 17.3. The molecular weight excluding hydrogens is 399 g/mol. The molecule has 2 aromatic carbocycles. The van der Waals surface area contributed by atoms with Crippen LogP contribution in [0.5, 0.6) is 0 Å². The molecule has 0 aliphatic rings. The molecule has 0 saturated carbocycles. The third-order valence-electron chi connectivity index (χ3n) is 3.34. The zero-order valence-corrected chi connectivity index (χ0v) is 15.7. The average Bonchev–Trinajstić information content (AvgIpc) is 2.45. The lowest BCUT2D eigenvalue weighted by Gasteiger charge is -2.41. The lowest BCUT2D eigenvalue weighted by molar-refractivity contribution is -0.120. The number of halogens is 5. The average molecular weight is 412 g/mol. The highest BCUT2D eigenvalue weighted by atomic mass is 35.6. The fraction of sp³-hybridized carbons (Fsp3) is 0.188. The summed E-state index contributed by atoms with van der Waals surface area (Å²) in [6.07, 6.45) is 0. The summed E-state index contributed by atoms with van der Waals surface area (Å²) in [7, 11) is 0. The van der Waals surface area contributed by atoms with Crippen molar-refractivity contribution in [1.82, 2.24) is 5.32 Å². The van der Waals surface area contributed by atoms with Crippen LogP contribution >= 0.6 is 58.0 Å². The Labute approximate surface area is 159 Å². The number of rotatable bonds is 3. The summed E-state index contributed by atoms with van der Waals surface area (Å²) in [6.45, 7) is 1.36. The maximum atomic E-state index is 11.8. The van der Waals surface area contributed by atoms with Gasteiger partial charge in [-0.1, -0.05) is 82.3 Å². The Hall–Kier alpha value is -0.640. The Morgan fingerprint density at radius 1 is 0.826 bits per heavy atom. The van der Waals surface area contributed by atoms with Gasteiger partial charge >= 0.3 is 0 Å². The second-order valence-electron chi connectivity index (χ2n) is 4.94. The molecule has 0 bridgehead atoms. The maximum Gasteiger partial charge on any atom is 0.221 e. The van der Waals surface area contributed by atoms with E-state index in [0.29, 0.717) is 21.2 Å². The van der Waals surface area contributed by atoms with E-state index in [1.54, 1.807) is 48.5 Å². The second kappa shape index (κ2) is 7.08. The fourth-order valence-corrected chi connectivity index (χ4v) is 3.42. The molecule has 0 heterocycles. The van der Waals surface area contributed by atoms with Crippen molar-refractivity contribution in [1.29, 1.82) is 0 Å². The molecule has 0 fully saturated rings. The van der Waals surface area contributed by atoms with Crippen LogP contribution < -0.4 is 5.32 Å². The van der Waals surface area contributed by atoms with Gasteiger partial charge in [0.25, 0.3) is 0 Å². The van der Waals surface area contributed by atoms with Crippen molar-refractivity contribution in [3.63, 3.8) is 0 Å². The van der Waals surface area contributed by atoms with Gasteiger partial charge in [-0.2, -0.15) is 0 Å². The van der Waals surface area contributed by atoms with E-state index in [4.69, 9.17) is 58.0 Å². The lowest BCUT2D eigenvalue weighted by Crippen LogP contribution is -2.55. The predicted molar refractivity (Wildman–Crippen MR) is 97.8 cm³/mol. The number of nitrogens with one attached hydrogen (secondary N) is 1. The highest BCUT2D eigenvalue weighted by molar-refractivity contribution is 6.68.